The molecule has 0 saturated heterocycles. The van der Waals surface area contributed by atoms with Crippen LogP contribution in [0.4, 0.5) is 11.4 Å². The van der Waals surface area contributed by atoms with E-state index in [1.807, 2.05) is 0 Å². The summed E-state index contributed by atoms with van der Waals surface area (Å²) in [6.07, 6.45) is 0. The van der Waals surface area contributed by atoms with Gasteiger partial charge in [-0.25, -0.2) is 0 Å². The SMILES string of the molecule is CN(CC(=O)Nc1cccc(Cl)c1)Cc1nc(-c2ccc([N+](=O)[O-])cc2)no1. The van der Waals surface area contributed by atoms with Gasteiger partial charge in [-0.15, -0.1) is 0 Å². The van der Waals surface area contributed by atoms with E-state index in [0.29, 0.717) is 28.0 Å². The number of nitrogens with zero attached hydrogens (tertiary/aromatic N) is 4. The summed E-state index contributed by atoms with van der Waals surface area (Å²) in [6.45, 7) is 0.380. The molecule has 0 spiro atoms. The van der Waals surface area contributed by atoms with Crippen molar-refractivity contribution in [3.63, 3.8) is 0 Å². The lowest BCUT2D eigenvalue weighted by Crippen LogP contribution is -2.29. The maximum Gasteiger partial charge on any atom is 0.269 e. The topological polar surface area (TPSA) is 114 Å². The molecule has 3 rings (SSSR count). The van der Waals surface area contributed by atoms with Crippen molar-refractivity contribution in [2.75, 3.05) is 18.9 Å². The van der Waals surface area contributed by atoms with Gasteiger partial charge in [-0.1, -0.05) is 22.8 Å². The van der Waals surface area contributed by atoms with Gasteiger partial charge in [0.15, 0.2) is 0 Å². The summed E-state index contributed by atoms with van der Waals surface area (Å²) in [5, 5.41) is 17.9. The Morgan fingerprint density at radius 1 is 1.29 bits per heavy atom. The normalized spacial score (nSPS) is 10.8. The summed E-state index contributed by atoms with van der Waals surface area (Å²) in [6, 6.07) is 12.7. The van der Waals surface area contributed by atoms with Crippen molar-refractivity contribution in [2.24, 2.45) is 0 Å². The van der Waals surface area contributed by atoms with E-state index in [9.17, 15) is 14.9 Å². The van der Waals surface area contributed by atoms with Crippen LogP contribution in [0.5, 0.6) is 0 Å². The van der Waals surface area contributed by atoms with Crippen molar-refractivity contribution < 1.29 is 14.2 Å². The number of amides is 1. The predicted octanol–water partition coefficient (Wildman–Crippen LogP) is 3.37. The Morgan fingerprint density at radius 3 is 2.71 bits per heavy atom. The van der Waals surface area contributed by atoms with Crippen molar-refractivity contribution in [2.45, 2.75) is 6.54 Å². The van der Waals surface area contributed by atoms with Crippen molar-refractivity contribution >= 4 is 28.9 Å². The van der Waals surface area contributed by atoms with Crippen LogP contribution >= 0.6 is 11.6 Å². The van der Waals surface area contributed by atoms with E-state index >= 15 is 0 Å². The number of hydrogen-bond donors (Lipinski definition) is 1. The molecule has 9 nitrogen and oxygen atoms in total. The molecule has 1 heterocycles. The molecule has 0 aliphatic heterocycles. The molecule has 1 N–H and O–H groups in total. The van der Waals surface area contributed by atoms with Crippen molar-refractivity contribution in [3.05, 3.63) is 69.6 Å². The first-order chi connectivity index (χ1) is 13.4. The average molecular weight is 402 g/mol. The summed E-state index contributed by atoms with van der Waals surface area (Å²) >= 11 is 5.90. The average Bonchev–Trinajstić information content (AvgIpc) is 3.09. The molecule has 0 fully saturated rings. The number of nitro groups is 1. The molecule has 0 saturated carbocycles. The number of benzene rings is 2. The molecule has 0 aliphatic carbocycles. The smallest absolute Gasteiger partial charge is 0.269 e. The standard InChI is InChI=1S/C18H16ClN5O4/c1-23(10-16(25)20-14-4-2-3-13(19)9-14)11-17-21-18(22-28-17)12-5-7-15(8-6-12)24(26)27/h2-9H,10-11H2,1H3,(H,20,25). The van der Waals surface area contributed by atoms with E-state index in [-0.39, 0.29) is 24.7 Å². The van der Waals surface area contributed by atoms with Crippen LogP contribution in [0.3, 0.4) is 0 Å². The summed E-state index contributed by atoms with van der Waals surface area (Å²) in [5.41, 5.74) is 1.20. The molecule has 0 aliphatic rings. The lowest BCUT2D eigenvalue weighted by Gasteiger charge is -2.13. The van der Waals surface area contributed by atoms with Gasteiger partial charge < -0.3 is 9.84 Å². The number of carbonyl (C=O) groups is 1. The molecule has 3 aromatic rings. The fraction of sp³-hybridized carbons (Fsp3) is 0.167. The van der Waals surface area contributed by atoms with Crippen molar-refractivity contribution in [1.82, 2.24) is 15.0 Å². The van der Waals surface area contributed by atoms with E-state index in [2.05, 4.69) is 15.5 Å². The Kier molecular flexibility index (Phi) is 5.97. The van der Waals surface area contributed by atoms with Gasteiger partial charge in [-0.05, 0) is 37.4 Å². The zero-order chi connectivity index (χ0) is 20.1. The monoisotopic (exact) mass is 401 g/mol. The number of halogens is 1. The largest absolute Gasteiger partial charge is 0.338 e. The summed E-state index contributed by atoms with van der Waals surface area (Å²) in [5.74, 6) is 0.438. The van der Waals surface area contributed by atoms with E-state index in [1.54, 1.807) is 48.3 Å². The first-order valence-electron chi connectivity index (χ1n) is 8.22. The van der Waals surface area contributed by atoms with Gasteiger partial charge in [0.1, 0.15) is 0 Å². The molecule has 0 unspecified atom stereocenters. The number of likely N-dealkylation sites (N-methyl/N-ethyl adjacent to an activating group) is 1. The molecular weight excluding hydrogens is 386 g/mol. The van der Waals surface area contributed by atoms with Crippen LogP contribution in [0.15, 0.2) is 53.1 Å². The lowest BCUT2D eigenvalue weighted by atomic mass is 10.2. The van der Waals surface area contributed by atoms with Gasteiger partial charge in [0.25, 0.3) is 5.69 Å². The first kappa shape index (κ1) is 19.5. The number of rotatable bonds is 7. The third-order valence-corrected chi connectivity index (χ3v) is 3.97. The van der Waals surface area contributed by atoms with Crippen molar-refractivity contribution in [3.8, 4) is 11.4 Å². The number of anilines is 1. The predicted molar refractivity (Wildman–Crippen MR) is 103 cm³/mol. The van der Waals surface area contributed by atoms with Crippen LogP contribution in [-0.2, 0) is 11.3 Å². The number of nitrogens with one attached hydrogen (secondary N) is 1. The molecule has 0 radical (unpaired) electrons. The van der Waals surface area contributed by atoms with Crippen molar-refractivity contribution in [1.29, 1.82) is 0 Å². The number of carbonyl (C=O) groups excluding carboxylic acids is 1. The second kappa shape index (κ2) is 8.59. The molecule has 1 aromatic heterocycles. The van der Waals surface area contributed by atoms with Gasteiger partial charge in [-0.2, -0.15) is 4.98 Å². The minimum Gasteiger partial charge on any atom is -0.338 e. The van der Waals surface area contributed by atoms with Crippen LogP contribution in [0.25, 0.3) is 11.4 Å². The number of nitro benzene ring substituents is 1. The molecule has 0 atom stereocenters. The zero-order valence-electron chi connectivity index (χ0n) is 14.8. The second-order valence-corrected chi connectivity index (χ2v) is 6.48. The first-order valence-corrected chi connectivity index (χ1v) is 8.60. The van der Waals surface area contributed by atoms with Gasteiger partial charge >= 0.3 is 0 Å². The minimum absolute atomic E-state index is 0.0158. The lowest BCUT2D eigenvalue weighted by molar-refractivity contribution is -0.384. The van der Waals surface area contributed by atoms with Gasteiger partial charge in [0, 0.05) is 28.4 Å². The Bertz CT molecular complexity index is 990. The minimum atomic E-state index is -0.477. The molecular formula is C18H16ClN5O4. The van der Waals surface area contributed by atoms with Crippen LogP contribution in [0, 0.1) is 10.1 Å². The fourth-order valence-electron chi connectivity index (χ4n) is 2.47. The van der Waals surface area contributed by atoms with Gasteiger partial charge in [-0.3, -0.25) is 19.8 Å². The van der Waals surface area contributed by atoms with Crippen LogP contribution in [-0.4, -0.2) is 39.5 Å². The van der Waals surface area contributed by atoms with Crippen LogP contribution in [0.1, 0.15) is 5.89 Å². The quantitative estimate of drug-likeness (QED) is 0.476. The Morgan fingerprint density at radius 2 is 2.04 bits per heavy atom. The molecule has 1 amide bonds. The molecule has 144 valence electrons. The number of hydrogen-bond acceptors (Lipinski definition) is 7. The second-order valence-electron chi connectivity index (χ2n) is 6.05. The fourth-order valence-corrected chi connectivity index (χ4v) is 2.66. The highest BCUT2D eigenvalue weighted by molar-refractivity contribution is 6.30. The van der Waals surface area contributed by atoms with Crippen LogP contribution < -0.4 is 5.32 Å². The van der Waals surface area contributed by atoms with E-state index in [4.69, 9.17) is 16.1 Å². The molecule has 10 heteroatoms. The number of aromatic nitrogens is 2. The molecule has 0 bridgehead atoms. The van der Waals surface area contributed by atoms with Gasteiger partial charge in [0.2, 0.25) is 17.6 Å². The highest BCUT2D eigenvalue weighted by Gasteiger charge is 2.14. The summed E-state index contributed by atoms with van der Waals surface area (Å²) in [7, 11) is 1.74. The maximum absolute atomic E-state index is 12.1. The summed E-state index contributed by atoms with van der Waals surface area (Å²) < 4.78 is 5.20. The zero-order valence-corrected chi connectivity index (χ0v) is 15.6. The van der Waals surface area contributed by atoms with Gasteiger partial charge in [0.05, 0.1) is 18.0 Å². The maximum atomic E-state index is 12.1. The highest BCUT2D eigenvalue weighted by atomic mass is 35.5. The Labute approximate surface area is 165 Å². The third-order valence-electron chi connectivity index (χ3n) is 3.73. The summed E-state index contributed by atoms with van der Waals surface area (Å²) in [4.78, 5) is 28.3. The van der Waals surface area contributed by atoms with E-state index in [1.165, 1.54) is 12.1 Å². The van der Waals surface area contributed by atoms with Crippen LogP contribution in [0.2, 0.25) is 5.02 Å². The Balaban J connectivity index is 1.56. The molecule has 28 heavy (non-hydrogen) atoms. The highest BCUT2D eigenvalue weighted by Crippen LogP contribution is 2.20. The van der Waals surface area contributed by atoms with E-state index in [0.717, 1.165) is 0 Å². The third kappa shape index (κ3) is 5.12. The Hall–Kier alpha value is -3.30. The van der Waals surface area contributed by atoms with E-state index < -0.39 is 4.92 Å². The molecule has 2 aromatic carbocycles. The number of non-ortho nitro benzene ring substituents is 1.